The van der Waals surface area contributed by atoms with Gasteiger partial charge < -0.3 is 14.8 Å². The number of esters is 1. The van der Waals surface area contributed by atoms with E-state index in [0.29, 0.717) is 23.4 Å². The van der Waals surface area contributed by atoms with Crippen LogP contribution in [0.4, 0.5) is 5.69 Å². The third-order valence-corrected chi connectivity index (χ3v) is 3.60. The third-order valence-electron chi connectivity index (χ3n) is 3.60. The van der Waals surface area contributed by atoms with Gasteiger partial charge in [-0.25, -0.2) is 4.79 Å². The van der Waals surface area contributed by atoms with Gasteiger partial charge in [0.1, 0.15) is 5.75 Å². The molecule has 2 aromatic rings. The number of nitrogens with one attached hydrogen (secondary N) is 1. The van der Waals surface area contributed by atoms with Crippen molar-refractivity contribution in [1.82, 2.24) is 0 Å². The number of carbonyl (C=O) groups excluding carboxylic acids is 2. The number of benzene rings is 2. The molecule has 2 rings (SSSR count). The quantitative estimate of drug-likeness (QED) is 0.773. The summed E-state index contributed by atoms with van der Waals surface area (Å²) in [4.78, 5) is 24.4. The van der Waals surface area contributed by atoms with E-state index in [2.05, 4.69) is 5.32 Å². The molecule has 26 heavy (non-hydrogen) atoms. The van der Waals surface area contributed by atoms with Gasteiger partial charge in [-0.05, 0) is 49.7 Å². The second kappa shape index (κ2) is 9.23. The first kappa shape index (κ1) is 19.0. The van der Waals surface area contributed by atoms with Crippen LogP contribution >= 0.6 is 0 Å². The first-order valence-electron chi connectivity index (χ1n) is 8.26. The topological polar surface area (TPSA) is 88.4 Å². The van der Waals surface area contributed by atoms with E-state index in [4.69, 9.17) is 14.7 Å². The molecule has 0 unspecified atom stereocenters. The van der Waals surface area contributed by atoms with Crippen molar-refractivity contribution in [2.45, 2.75) is 32.5 Å². The molecular weight excluding hydrogens is 332 g/mol. The van der Waals surface area contributed by atoms with Gasteiger partial charge in [0.05, 0.1) is 11.6 Å². The average Bonchev–Trinajstić information content (AvgIpc) is 2.67. The van der Waals surface area contributed by atoms with E-state index >= 15 is 0 Å². The van der Waals surface area contributed by atoms with Crippen LogP contribution in [0, 0.1) is 11.3 Å². The van der Waals surface area contributed by atoms with Crippen LogP contribution in [-0.2, 0) is 14.3 Å². The van der Waals surface area contributed by atoms with Crippen LogP contribution in [0.2, 0.25) is 0 Å². The maximum Gasteiger partial charge on any atom is 0.348 e. The fraction of sp³-hybridized carbons (Fsp3) is 0.250. The van der Waals surface area contributed by atoms with E-state index in [1.165, 1.54) is 6.92 Å². The highest BCUT2D eigenvalue weighted by Gasteiger charge is 2.25. The second-order valence-corrected chi connectivity index (χ2v) is 5.59. The molecule has 0 heterocycles. The number of amides is 1. The summed E-state index contributed by atoms with van der Waals surface area (Å²) in [6.07, 6.45) is -1.35. The monoisotopic (exact) mass is 352 g/mol. The van der Waals surface area contributed by atoms with Gasteiger partial charge in [-0.1, -0.05) is 25.1 Å². The van der Waals surface area contributed by atoms with E-state index < -0.39 is 24.1 Å². The fourth-order valence-corrected chi connectivity index (χ4v) is 2.14. The van der Waals surface area contributed by atoms with Crippen LogP contribution in [0.15, 0.2) is 54.6 Å². The number of anilines is 1. The molecule has 0 aliphatic carbocycles. The SMILES string of the molecule is CC[C@@H](Oc1ccccc1)C(=O)O[C@H](C)C(=O)Nc1ccc(C#N)cc1. The number of nitrogens with zero attached hydrogens (tertiary/aromatic N) is 1. The minimum atomic E-state index is -0.980. The Morgan fingerprint density at radius 2 is 1.77 bits per heavy atom. The maximum atomic E-state index is 12.3. The van der Waals surface area contributed by atoms with E-state index in [-0.39, 0.29) is 0 Å². The summed E-state index contributed by atoms with van der Waals surface area (Å²) in [6, 6.07) is 17.4. The Balaban J connectivity index is 1.91. The van der Waals surface area contributed by atoms with Crippen LogP contribution in [-0.4, -0.2) is 24.1 Å². The van der Waals surface area contributed by atoms with Crippen LogP contribution in [0.5, 0.6) is 5.75 Å². The Bertz CT molecular complexity index is 782. The highest BCUT2D eigenvalue weighted by atomic mass is 16.6. The smallest absolute Gasteiger partial charge is 0.348 e. The van der Waals surface area contributed by atoms with E-state index in [0.717, 1.165) is 0 Å². The van der Waals surface area contributed by atoms with E-state index in [9.17, 15) is 9.59 Å². The minimum absolute atomic E-state index is 0.414. The van der Waals surface area contributed by atoms with E-state index in [1.807, 2.05) is 12.1 Å². The molecule has 0 radical (unpaired) electrons. The molecule has 0 spiro atoms. The van der Waals surface area contributed by atoms with Crippen LogP contribution in [0.3, 0.4) is 0 Å². The van der Waals surface area contributed by atoms with Crippen LogP contribution < -0.4 is 10.1 Å². The average molecular weight is 352 g/mol. The number of rotatable bonds is 7. The summed E-state index contributed by atoms with van der Waals surface area (Å²) in [5.74, 6) is -0.498. The van der Waals surface area contributed by atoms with Crippen molar-refractivity contribution >= 4 is 17.6 Å². The number of ether oxygens (including phenoxy) is 2. The van der Waals surface area contributed by atoms with Gasteiger partial charge in [-0.2, -0.15) is 5.26 Å². The lowest BCUT2D eigenvalue weighted by Gasteiger charge is -2.19. The summed E-state index contributed by atoms with van der Waals surface area (Å²) in [5, 5.41) is 11.4. The number of carbonyl (C=O) groups is 2. The van der Waals surface area contributed by atoms with Crippen molar-refractivity contribution < 1.29 is 19.1 Å². The van der Waals surface area contributed by atoms with Gasteiger partial charge in [0.2, 0.25) is 0 Å². The van der Waals surface area contributed by atoms with Gasteiger partial charge in [-0.3, -0.25) is 4.79 Å². The van der Waals surface area contributed by atoms with Crippen molar-refractivity contribution in [3.8, 4) is 11.8 Å². The van der Waals surface area contributed by atoms with Crippen molar-refractivity contribution in [2.24, 2.45) is 0 Å². The van der Waals surface area contributed by atoms with Gasteiger partial charge >= 0.3 is 5.97 Å². The standard InChI is InChI=1S/C20H20N2O4/c1-3-18(26-17-7-5-4-6-8-17)20(24)25-14(2)19(23)22-16-11-9-15(13-21)10-12-16/h4-12,14,18H,3H2,1-2H3,(H,22,23)/t14-,18-/m1/s1. The number of hydrogen-bond acceptors (Lipinski definition) is 5. The Kier molecular flexibility index (Phi) is 6.75. The second-order valence-electron chi connectivity index (χ2n) is 5.59. The predicted molar refractivity (Wildman–Crippen MR) is 96.5 cm³/mol. The number of hydrogen-bond donors (Lipinski definition) is 1. The molecule has 0 fully saturated rings. The largest absolute Gasteiger partial charge is 0.479 e. The Morgan fingerprint density at radius 3 is 2.35 bits per heavy atom. The molecule has 134 valence electrons. The molecule has 0 saturated carbocycles. The Morgan fingerprint density at radius 1 is 1.12 bits per heavy atom. The van der Waals surface area contributed by atoms with Gasteiger partial charge in [0, 0.05) is 5.69 Å². The molecule has 0 aromatic heterocycles. The summed E-state index contributed by atoms with van der Waals surface area (Å²) in [6.45, 7) is 3.29. The Hall–Kier alpha value is -3.33. The molecule has 2 atom stereocenters. The molecule has 6 heteroatoms. The zero-order valence-electron chi connectivity index (χ0n) is 14.6. The maximum absolute atomic E-state index is 12.3. The van der Waals surface area contributed by atoms with Crippen molar-refractivity contribution in [1.29, 1.82) is 5.26 Å². The van der Waals surface area contributed by atoms with Gasteiger partial charge in [0.15, 0.2) is 12.2 Å². The summed E-state index contributed by atoms with van der Waals surface area (Å²) < 4.78 is 10.8. The highest BCUT2D eigenvalue weighted by Crippen LogP contribution is 2.15. The molecule has 0 aliphatic heterocycles. The van der Waals surface area contributed by atoms with E-state index in [1.54, 1.807) is 55.5 Å². The lowest BCUT2D eigenvalue weighted by atomic mass is 10.2. The number of para-hydroxylation sites is 1. The first-order valence-corrected chi connectivity index (χ1v) is 8.26. The summed E-state index contributed by atoms with van der Waals surface area (Å²) in [7, 11) is 0. The highest BCUT2D eigenvalue weighted by molar-refractivity contribution is 5.95. The van der Waals surface area contributed by atoms with Crippen LogP contribution in [0.1, 0.15) is 25.8 Å². The molecular formula is C20H20N2O4. The minimum Gasteiger partial charge on any atom is -0.479 e. The molecule has 2 aromatic carbocycles. The molecule has 0 bridgehead atoms. The summed E-state index contributed by atoms with van der Waals surface area (Å²) >= 11 is 0. The van der Waals surface area contributed by atoms with Crippen LogP contribution in [0.25, 0.3) is 0 Å². The zero-order chi connectivity index (χ0) is 18.9. The molecule has 1 amide bonds. The van der Waals surface area contributed by atoms with Gasteiger partial charge in [-0.15, -0.1) is 0 Å². The van der Waals surface area contributed by atoms with Gasteiger partial charge in [0.25, 0.3) is 5.91 Å². The summed E-state index contributed by atoms with van der Waals surface area (Å²) in [5.41, 5.74) is 1.01. The molecule has 6 nitrogen and oxygen atoms in total. The Labute approximate surface area is 152 Å². The lowest BCUT2D eigenvalue weighted by molar-refractivity contribution is -0.160. The van der Waals surface area contributed by atoms with Crippen molar-refractivity contribution in [3.05, 3.63) is 60.2 Å². The first-order chi connectivity index (χ1) is 12.5. The third kappa shape index (κ3) is 5.35. The lowest BCUT2D eigenvalue weighted by Crippen LogP contribution is -2.36. The molecule has 0 aliphatic rings. The normalized spacial score (nSPS) is 12.3. The molecule has 1 N–H and O–H groups in total. The number of nitriles is 1. The zero-order valence-corrected chi connectivity index (χ0v) is 14.6. The van der Waals surface area contributed by atoms with Crippen molar-refractivity contribution in [2.75, 3.05) is 5.32 Å². The molecule has 0 saturated heterocycles. The fourth-order valence-electron chi connectivity index (χ4n) is 2.14. The predicted octanol–water partition coefficient (Wildman–Crippen LogP) is 3.29. The van der Waals surface area contributed by atoms with Crippen molar-refractivity contribution in [3.63, 3.8) is 0 Å².